The molecule has 0 bridgehead atoms. The minimum Gasteiger partial charge on any atom is -0.482 e. The Bertz CT molecular complexity index is 507. The number of unbranched alkanes of at least 4 members (excludes halogenated alkanes) is 1. The molecule has 0 saturated heterocycles. The number of hydrogen-bond donors (Lipinski definition) is 1. The SMILES string of the molecule is NC(=S)CCCCN1C(=O)COc2ccc(Br)cc21. The summed E-state index contributed by atoms with van der Waals surface area (Å²) in [6.45, 7) is 0.762. The Morgan fingerprint density at radius 2 is 2.26 bits per heavy atom. The van der Waals surface area contributed by atoms with E-state index in [4.69, 9.17) is 22.7 Å². The van der Waals surface area contributed by atoms with E-state index in [1.54, 1.807) is 4.90 Å². The van der Waals surface area contributed by atoms with Crippen LogP contribution in [0.25, 0.3) is 0 Å². The molecule has 2 N–H and O–H groups in total. The van der Waals surface area contributed by atoms with Crippen molar-refractivity contribution in [3.63, 3.8) is 0 Å². The number of rotatable bonds is 5. The molecule has 1 aromatic carbocycles. The Labute approximate surface area is 126 Å². The van der Waals surface area contributed by atoms with Crippen LogP contribution >= 0.6 is 28.1 Å². The normalized spacial score (nSPS) is 13.9. The van der Waals surface area contributed by atoms with Crippen molar-refractivity contribution in [2.45, 2.75) is 19.3 Å². The molecule has 0 aromatic heterocycles. The molecule has 1 aliphatic heterocycles. The van der Waals surface area contributed by atoms with Crippen LogP contribution in [0, 0.1) is 0 Å². The molecule has 0 saturated carbocycles. The standard InChI is InChI=1S/C13H15BrN2O2S/c14-9-4-5-11-10(7-9)16(13(17)8-18-11)6-2-1-3-12(15)19/h4-5,7H,1-3,6,8H2,(H2,15,19). The molecule has 19 heavy (non-hydrogen) atoms. The highest BCUT2D eigenvalue weighted by atomic mass is 79.9. The van der Waals surface area contributed by atoms with Crippen LogP contribution < -0.4 is 15.4 Å². The third-order valence-corrected chi connectivity index (χ3v) is 3.62. The number of carbonyl (C=O) groups is 1. The molecule has 0 radical (unpaired) electrons. The Morgan fingerprint density at radius 1 is 1.47 bits per heavy atom. The van der Waals surface area contributed by atoms with Gasteiger partial charge in [-0.15, -0.1) is 0 Å². The fourth-order valence-corrected chi connectivity index (χ4v) is 2.48. The van der Waals surface area contributed by atoms with Crippen LogP contribution in [-0.2, 0) is 4.79 Å². The third kappa shape index (κ3) is 3.67. The van der Waals surface area contributed by atoms with Crippen LogP contribution in [-0.4, -0.2) is 24.0 Å². The monoisotopic (exact) mass is 342 g/mol. The van der Waals surface area contributed by atoms with Crippen LogP contribution in [0.4, 0.5) is 5.69 Å². The first-order valence-corrected chi connectivity index (χ1v) is 7.29. The number of nitrogens with zero attached hydrogens (tertiary/aromatic N) is 1. The summed E-state index contributed by atoms with van der Waals surface area (Å²) in [4.78, 5) is 14.2. The van der Waals surface area contributed by atoms with Gasteiger partial charge in [-0.05, 0) is 37.5 Å². The number of thiocarbonyl (C=S) groups is 1. The number of amides is 1. The summed E-state index contributed by atoms with van der Waals surface area (Å²) in [5.74, 6) is 0.734. The smallest absolute Gasteiger partial charge is 0.265 e. The summed E-state index contributed by atoms with van der Waals surface area (Å²) in [5.41, 5.74) is 6.28. The maximum Gasteiger partial charge on any atom is 0.265 e. The average Bonchev–Trinajstić information content (AvgIpc) is 2.36. The topological polar surface area (TPSA) is 55.6 Å². The molecule has 0 atom stereocenters. The zero-order valence-corrected chi connectivity index (χ0v) is 12.8. The maximum absolute atomic E-state index is 11.9. The summed E-state index contributed by atoms with van der Waals surface area (Å²) < 4.78 is 6.34. The van der Waals surface area contributed by atoms with Crippen molar-refractivity contribution in [1.29, 1.82) is 0 Å². The van der Waals surface area contributed by atoms with Crippen LogP contribution in [0.15, 0.2) is 22.7 Å². The Kier molecular flexibility index (Phi) is 4.76. The lowest BCUT2D eigenvalue weighted by atomic mass is 10.2. The van der Waals surface area contributed by atoms with Crippen LogP contribution in [0.1, 0.15) is 19.3 Å². The van der Waals surface area contributed by atoms with Crippen molar-refractivity contribution in [3.05, 3.63) is 22.7 Å². The van der Waals surface area contributed by atoms with Gasteiger partial charge in [0.15, 0.2) is 6.61 Å². The van der Waals surface area contributed by atoms with Gasteiger partial charge in [-0.1, -0.05) is 28.1 Å². The second-order valence-electron chi connectivity index (χ2n) is 4.37. The molecule has 2 rings (SSSR count). The van der Waals surface area contributed by atoms with Gasteiger partial charge in [0, 0.05) is 11.0 Å². The number of ether oxygens (including phenoxy) is 1. The predicted molar refractivity (Wildman–Crippen MR) is 82.6 cm³/mol. The van der Waals surface area contributed by atoms with Crippen molar-refractivity contribution in [1.82, 2.24) is 0 Å². The average molecular weight is 343 g/mol. The van der Waals surface area contributed by atoms with E-state index in [-0.39, 0.29) is 12.5 Å². The fraction of sp³-hybridized carbons (Fsp3) is 0.385. The van der Waals surface area contributed by atoms with Crippen molar-refractivity contribution >= 4 is 44.7 Å². The van der Waals surface area contributed by atoms with Gasteiger partial charge in [0.2, 0.25) is 0 Å². The Hall–Kier alpha value is -1.14. The van der Waals surface area contributed by atoms with Crippen molar-refractivity contribution < 1.29 is 9.53 Å². The highest BCUT2D eigenvalue weighted by molar-refractivity contribution is 9.10. The molecule has 102 valence electrons. The molecule has 6 heteroatoms. The molecule has 0 spiro atoms. The molecular formula is C13H15BrN2O2S. The van der Waals surface area contributed by atoms with Crippen LogP contribution in [0.3, 0.4) is 0 Å². The van der Waals surface area contributed by atoms with Gasteiger partial charge in [0.25, 0.3) is 5.91 Å². The van der Waals surface area contributed by atoms with Gasteiger partial charge in [0.1, 0.15) is 5.75 Å². The lowest BCUT2D eigenvalue weighted by Crippen LogP contribution is -2.39. The maximum atomic E-state index is 11.9. The second kappa shape index (κ2) is 6.34. The summed E-state index contributed by atoms with van der Waals surface area (Å²) in [5, 5.41) is 0. The number of fused-ring (bicyclic) bond motifs is 1. The van der Waals surface area contributed by atoms with E-state index in [1.807, 2.05) is 18.2 Å². The van der Waals surface area contributed by atoms with Gasteiger partial charge >= 0.3 is 0 Å². The number of carbonyl (C=O) groups excluding carboxylic acids is 1. The molecule has 0 unspecified atom stereocenters. The first-order valence-electron chi connectivity index (χ1n) is 6.09. The number of benzene rings is 1. The zero-order chi connectivity index (χ0) is 13.8. The molecule has 1 aliphatic rings. The van der Waals surface area contributed by atoms with Gasteiger partial charge in [-0.2, -0.15) is 0 Å². The van der Waals surface area contributed by atoms with Gasteiger partial charge in [0.05, 0.1) is 10.7 Å². The Morgan fingerprint density at radius 3 is 3.00 bits per heavy atom. The van der Waals surface area contributed by atoms with E-state index in [2.05, 4.69) is 15.9 Å². The fourth-order valence-electron chi connectivity index (χ4n) is 1.99. The van der Waals surface area contributed by atoms with E-state index < -0.39 is 0 Å². The summed E-state index contributed by atoms with van der Waals surface area (Å²) in [7, 11) is 0. The van der Waals surface area contributed by atoms with E-state index in [0.29, 0.717) is 11.5 Å². The van der Waals surface area contributed by atoms with E-state index >= 15 is 0 Å². The Balaban J connectivity index is 2.05. The molecule has 1 amide bonds. The van der Waals surface area contributed by atoms with E-state index in [0.717, 1.165) is 35.2 Å². The molecular weight excluding hydrogens is 328 g/mol. The predicted octanol–water partition coefficient (Wildman–Crippen LogP) is 2.63. The van der Waals surface area contributed by atoms with E-state index in [1.165, 1.54) is 0 Å². The number of anilines is 1. The molecule has 1 heterocycles. The molecule has 0 aliphatic carbocycles. The van der Waals surface area contributed by atoms with Crippen molar-refractivity contribution in [2.24, 2.45) is 5.73 Å². The van der Waals surface area contributed by atoms with Gasteiger partial charge < -0.3 is 15.4 Å². The first kappa shape index (κ1) is 14.3. The summed E-state index contributed by atoms with van der Waals surface area (Å²) >= 11 is 8.25. The number of hydrogen-bond acceptors (Lipinski definition) is 3. The largest absolute Gasteiger partial charge is 0.482 e. The molecule has 0 fully saturated rings. The quantitative estimate of drug-likeness (QED) is 0.660. The first-order chi connectivity index (χ1) is 9.08. The zero-order valence-electron chi connectivity index (χ0n) is 10.4. The lowest BCUT2D eigenvalue weighted by molar-refractivity contribution is -0.121. The van der Waals surface area contributed by atoms with Gasteiger partial charge in [-0.3, -0.25) is 4.79 Å². The number of nitrogens with two attached hydrogens (primary N) is 1. The van der Waals surface area contributed by atoms with Crippen LogP contribution in [0.5, 0.6) is 5.75 Å². The van der Waals surface area contributed by atoms with Crippen LogP contribution in [0.2, 0.25) is 0 Å². The highest BCUT2D eigenvalue weighted by Gasteiger charge is 2.25. The van der Waals surface area contributed by atoms with Crippen molar-refractivity contribution in [3.8, 4) is 5.75 Å². The molecule has 1 aromatic rings. The summed E-state index contributed by atoms with van der Waals surface area (Å²) in [6, 6.07) is 5.67. The minimum atomic E-state index is -0.0130. The molecule has 4 nitrogen and oxygen atoms in total. The van der Waals surface area contributed by atoms with E-state index in [9.17, 15) is 4.79 Å². The second-order valence-corrected chi connectivity index (χ2v) is 5.81. The minimum absolute atomic E-state index is 0.0130. The summed E-state index contributed by atoms with van der Waals surface area (Å²) in [6.07, 6.45) is 2.48. The number of halogens is 1. The van der Waals surface area contributed by atoms with Gasteiger partial charge in [-0.25, -0.2) is 0 Å². The highest BCUT2D eigenvalue weighted by Crippen LogP contribution is 2.34. The van der Waals surface area contributed by atoms with Crippen molar-refractivity contribution in [2.75, 3.05) is 18.1 Å². The third-order valence-electron chi connectivity index (χ3n) is 2.92. The lowest BCUT2D eigenvalue weighted by Gasteiger charge is -2.29.